The SMILES string of the molecule is C[C@@H]1C[C@@H](C(=O)NC(CC2CC2)C(=O)C(N)=O)N(C(=O)[C@@H](NC(=O)NC2(CC3=CCCC=C3O)CCCCC2)C(C)(C)C)C1. The number of primary amides is 1. The molecule has 11 nitrogen and oxygen atoms in total. The highest BCUT2D eigenvalue weighted by Gasteiger charge is 2.46. The highest BCUT2D eigenvalue weighted by Crippen LogP contribution is 2.37. The molecule has 4 aliphatic rings. The number of urea groups is 1. The molecule has 244 valence electrons. The van der Waals surface area contributed by atoms with Crippen LogP contribution in [0.2, 0.25) is 0 Å². The smallest absolute Gasteiger partial charge is 0.315 e. The zero-order valence-electron chi connectivity index (χ0n) is 26.7. The Kier molecular flexibility index (Phi) is 10.5. The van der Waals surface area contributed by atoms with E-state index in [2.05, 4.69) is 16.0 Å². The minimum atomic E-state index is -1.09. The van der Waals surface area contributed by atoms with Gasteiger partial charge in [0.1, 0.15) is 17.8 Å². The van der Waals surface area contributed by atoms with Gasteiger partial charge in [0.15, 0.2) is 0 Å². The lowest BCUT2D eigenvalue weighted by Crippen LogP contribution is -2.62. The molecule has 4 atom stereocenters. The van der Waals surface area contributed by atoms with Gasteiger partial charge < -0.3 is 31.7 Å². The van der Waals surface area contributed by atoms with Crippen LogP contribution < -0.4 is 21.7 Å². The third kappa shape index (κ3) is 8.41. The number of hydrogen-bond acceptors (Lipinski definition) is 6. The number of Topliss-reactive ketones (excluding diaryl/α,β-unsaturated/α-hetero) is 1. The number of likely N-dealkylation sites (tertiary alicyclic amines) is 1. The van der Waals surface area contributed by atoms with E-state index in [9.17, 15) is 29.1 Å². The number of rotatable bonds is 11. The van der Waals surface area contributed by atoms with Crippen molar-refractivity contribution in [1.29, 1.82) is 0 Å². The van der Waals surface area contributed by atoms with Crippen LogP contribution in [-0.2, 0) is 19.2 Å². The largest absolute Gasteiger partial charge is 0.508 e. The summed E-state index contributed by atoms with van der Waals surface area (Å²) in [5.74, 6) is -2.22. The van der Waals surface area contributed by atoms with Gasteiger partial charge in [0, 0.05) is 12.1 Å². The van der Waals surface area contributed by atoms with E-state index >= 15 is 0 Å². The maximum atomic E-state index is 14.1. The van der Waals surface area contributed by atoms with Gasteiger partial charge in [-0.2, -0.15) is 0 Å². The molecule has 44 heavy (non-hydrogen) atoms. The summed E-state index contributed by atoms with van der Waals surface area (Å²) in [5, 5.41) is 19.4. The number of nitrogens with zero attached hydrogens (tertiary/aromatic N) is 1. The fraction of sp³-hybridized carbons (Fsp3) is 0.727. The van der Waals surface area contributed by atoms with Gasteiger partial charge in [0.25, 0.3) is 5.91 Å². The molecule has 6 N–H and O–H groups in total. The second-order valence-corrected chi connectivity index (χ2v) is 14.6. The lowest BCUT2D eigenvalue weighted by Gasteiger charge is -2.41. The Morgan fingerprint density at radius 3 is 2.30 bits per heavy atom. The summed E-state index contributed by atoms with van der Waals surface area (Å²) in [6, 6.07) is -3.24. The molecule has 3 fully saturated rings. The van der Waals surface area contributed by atoms with Gasteiger partial charge >= 0.3 is 6.03 Å². The van der Waals surface area contributed by atoms with Crippen molar-refractivity contribution < 1.29 is 29.1 Å². The summed E-state index contributed by atoms with van der Waals surface area (Å²) < 4.78 is 0. The Labute approximate surface area is 260 Å². The number of hydrogen-bond donors (Lipinski definition) is 5. The number of aliphatic hydroxyl groups is 1. The Morgan fingerprint density at radius 1 is 1.05 bits per heavy atom. The van der Waals surface area contributed by atoms with Crippen LogP contribution in [0.15, 0.2) is 23.5 Å². The average molecular weight is 614 g/mol. The first-order valence-corrected chi connectivity index (χ1v) is 16.3. The molecule has 0 aromatic heterocycles. The minimum Gasteiger partial charge on any atom is -0.508 e. The van der Waals surface area contributed by atoms with E-state index in [0.717, 1.165) is 63.4 Å². The van der Waals surface area contributed by atoms with Gasteiger partial charge in [-0.25, -0.2) is 4.79 Å². The van der Waals surface area contributed by atoms with Gasteiger partial charge in [-0.15, -0.1) is 0 Å². The molecule has 1 heterocycles. The first-order valence-electron chi connectivity index (χ1n) is 16.3. The maximum absolute atomic E-state index is 14.1. The van der Waals surface area contributed by atoms with Gasteiger partial charge in [-0.05, 0) is 73.8 Å². The summed E-state index contributed by atoms with van der Waals surface area (Å²) in [7, 11) is 0. The van der Waals surface area contributed by atoms with Crippen molar-refractivity contribution in [2.45, 2.75) is 128 Å². The molecule has 1 saturated heterocycles. The Bertz CT molecular complexity index is 1190. The summed E-state index contributed by atoms with van der Waals surface area (Å²) in [5.41, 5.74) is 4.89. The molecule has 5 amide bonds. The quantitative estimate of drug-likeness (QED) is 0.223. The summed E-state index contributed by atoms with van der Waals surface area (Å²) in [4.78, 5) is 67.0. The fourth-order valence-electron chi connectivity index (χ4n) is 6.93. The predicted octanol–water partition coefficient (Wildman–Crippen LogP) is 3.53. The van der Waals surface area contributed by atoms with Crippen LogP contribution in [0.25, 0.3) is 0 Å². The van der Waals surface area contributed by atoms with Crippen LogP contribution in [0, 0.1) is 17.3 Å². The molecule has 2 saturated carbocycles. The molecule has 4 rings (SSSR count). The van der Waals surface area contributed by atoms with E-state index in [-0.39, 0.29) is 23.5 Å². The average Bonchev–Trinajstić information content (AvgIpc) is 3.69. The molecular weight excluding hydrogens is 562 g/mol. The van der Waals surface area contributed by atoms with Crippen LogP contribution in [0.1, 0.15) is 105 Å². The Morgan fingerprint density at radius 2 is 1.70 bits per heavy atom. The molecule has 0 aromatic carbocycles. The van der Waals surface area contributed by atoms with Crippen LogP contribution in [0.3, 0.4) is 0 Å². The zero-order valence-corrected chi connectivity index (χ0v) is 26.7. The Hall–Kier alpha value is -3.37. The fourth-order valence-corrected chi connectivity index (χ4v) is 6.93. The third-order valence-electron chi connectivity index (χ3n) is 9.57. The molecule has 1 unspecified atom stereocenters. The van der Waals surface area contributed by atoms with Crippen LogP contribution in [-0.4, -0.2) is 69.8 Å². The van der Waals surface area contributed by atoms with Crippen molar-refractivity contribution in [2.75, 3.05) is 6.54 Å². The molecule has 1 aliphatic heterocycles. The monoisotopic (exact) mass is 613 g/mol. The maximum Gasteiger partial charge on any atom is 0.315 e. The van der Waals surface area contributed by atoms with E-state index in [1.807, 2.05) is 39.8 Å². The van der Waals surface area contributed by atoms with E-state index < -0.39 is 52.7 Å². The summed E-state index contributed by atoms with van der Waals surface area (Å²) in [6.07, 6.45) is 13.2. The second-order valence-electron chi connectivity index (χ2n) is 14.6. The molecule has 0 radical (unpaired) electrons. The van der Waals surface area contributed by atoms with Gasteiger partial charge in [-0.1, -0.05) is 65.9 Å². The molecular formula is C33H51N5O6. The number of carbonyl (C=O) groups is 5. The van der Waals surface area contributed by atoms with Crippen LogP contribution >= 0.6 is 0 Å². The van der Waals surface area contributed by atoms with Crippen molar-refractivity contribution in [3.63, 3.8) is 0 Å². The topological polar surface area (TPSA) is 171 Å². The van der Waals surface area contributed by atoms with E-state index in [1.165, 1.54) is 4.90 Å². The van der Waals surface area contributed by atoms with Crippen molar-refractivity contribution >= 4 is 29.5 Å². The van der Waals surface area contributed by atoms with Crippen molar-refractivity contribution in [1.82, 2.24) is 20.9 Å². The number of nitrogens with one attached hydrogen (secondary N) is 3. The van der Waals surface area contributed by atoms with E-state index in [1.54, 1.807) is 0 Å². The molecule has 0 aromatic rings. The molecule has 0 bridgehead atoms. The normalized spacial score (nSPS) is 24.8. The van der Waals surface area contributed by atoms with Gasteiger partial charge in [0.05, 0.1) is 6.04 Å². The number of ketones is 1. The summed E-state index contributed by atoms with van der Waals surface area (Å²) in [6.45, 7) is 7.88. The van der Waals surface area contributed by atoms with E-state index in [0.29, 0.717) is 25.8 Å². The van der Waals surface area contributed by atoms with E-state index in [4.69, 9.17) is 5.73 Å². The highest BCUT2D eigenvalue weighted by atomic mass is 16.3. The molecule has 11 heteroatoms. The lowest BCUT2D eigenvalue weighted by atomic mass is 9.76. The molecule has 3 aliphatic carbocycles. The molecule has 0 spiro atoms. The third-order valence-corrected chi connectivity index (χ3v) is 9.57. The first-order chi connectivity index (χ1) is 20.7. The first kappa shape index (κ1) is 33.5. The lowest BCUT2D eigenvalue weighted by molar-refractivity contribution is -0.143. The highest BCUT2D eigenvalue weighted by molar-refractivity contribution is 6.37. The predicted molar refractivity (Wildman–Crippen MR) is 166 cm³/mol. The van der Waals surface area contributed by atoms with Crippen LogP contribution in [0.5, 0.6) is 0 Å². The number of nitrogens with two attached hydrogens (primary N) is 1. The number of amides is 5. The van der Waals surface area contributed by atoms with Gasteiger partial charge in [0.2, 0.25) is 17.6 Å². The minimum absolute atomic E-state index is 0.0212. The second kappa shape index (κ2) is 13.7. The van der Waals surface area contributed by atoms with Crippen molar-refractivity contribution in [3.05, 3.63) is 23.5 Å². The number of allylic oxidation sites excluding steroid dienone is 3. The number of carbonyl (C=O) groups excluding carboxylic acids is 5. The Balaban J connectivity index is 1.48. The standard InChI is InChI=1S/C33H51N5O6/c1-20-16-24(29(42)35-23(17-21-12-13-21)26(40)28(34)41)38(19-20)30(43)27(32(2,3)4)36-31(44)37-33(14-8-5-9-15-33)18-22-10-6-7-11-25(22)39/h10-11,20-21,23-24,27,39H,5-9,12-19H2,1-4H3,(H2,34,41)(H,35,42)(H2,36,37,44)/t20-,23?,24+,27-/m1/s1. The van der Waals surface area contributed by atoms with Crippen molar-refractivity contribution in [2.24, 2.45) is 23.0 Å². The summed E-state index contributed by atoms with van der Waals surface area (Å²) >= 11 is 0. The zero-order chi connectivity index (χ0) is 32.2. The van der Waals surface area contributed by atoms with Crippen molar-refractivity contribution in [3.8, 4) is 0 Å². The van der Waals surface area contributed by atoms with Crippen LogP contribution in [0.4, 0.5) is 4.79 Å². The van der Waals surface area contributed by atoms with Gasteiger partial charge in [-0.3, -0.25) is 19.2 Å². The number of aliphatic hydroxyl groups excluding tert-OH is 1.